The first-order chi connectivity index (χ1) is 16.3. The van der Waals surface area contributed by atoms with Gasteiger partial charge in [0.05, 0.1) is 12.8 Å². The third kappa shape index (κ3) is 6.97. The predicted octanol–water partition coefficient (Wildman–Crippen LogP) is 2.36. The van der Waals surface area contributed by atoms with E-state index in [4.69, 9.17) is 0 Å². The summed E-state index contributed by atoms with van der Waals surface area (Å²) in [5, 5.41) is 2.90. The van der Waals surface area contributed by atoms with Gasteiger partial charge in [-0.2, -0.15) is 4.31 Å². The number of pyridine rings is 1. The lowest BCUT2D eigenvalue weighted by molar-refractivity contribution is -0.141. The molecule has 2 amide bonds. The number of benzene rings is 2. The Balaban J connectivity index is 1.96. The number of nitrogens with zero attached hydrogens (tertiary/aromatic N) is 3. The number of hydrogen-bond acceptors (Lipinski definition) is 5. The molecule has 8 nitrogen and oxygen atoms in total. The molecule has 0 radical (unpaired) electrons. The summed E-state index contributed by atoms with van der Waals surface area (Å²) in [6, 6.07) is 20.9. The molecule has 0 bridgehead atoms. The molecule has 0 saturated heterocycles. The fourth-order valence-corrected chi connectivity index (χ4v) is 3.74. The maximum Gasteiger partial charge on any atom is 0.247 e. The molecule has 3 aromatic rings. The Hall–Kier alpha value is -3.56. The molecule has 2 aromatic carbocycles. The molecule has 0 aliphatic heterocycles. The van der Waals surface area contributed by atoms with Crippen molar-refractivity contribution in [3.63, 3.8) is 0 Å². The van der Waals surface area contributed by atoms with Crippen LogP contribution in [0.3, 0.4) is 0 Å². The number of aromatic nitrogens is 1. The lowest BCUT2D eigenvalue weighted by Crippen LogP contribution is -2.47. The zero-order chi connectivity index (χ0) is 24.6. The maximum atomic E-state index is 13.5. The van der Waals surface area contributed by atoms with E-state index in [0.29, 0.717) is 5.56 Å². The first-order valence-corrected chi connectivity index (χ1v) is 12.6. The second-order valence-electron chi connectivity index (χ2n) is 7.92. The molecule has 9 heteroatoms. The van der Waals surface area contributed by atoms with Crippen LogP contribution in [0.4, 0.5) is 0 Å². The van der Waals surface area contributed by atoms with Crippen LogP contribution < -0.4 is 5.32 Å². The second kappa shape index (κ2) is 11.5. The highest BCUT2D eigenvalue weighted by atomic mass is 32.2. The van der Waals surface area contributed by atoms with Crippen molar-refractivity contribution in [2.45, 2.75) is 19.1 Å². The lowest BCUT2D eigenvalue weighted by Gasteiger charge is -2.32. The number of rotatable bonds is 10. The summed E-state index contributed by atoms with van der Waals surface area (Å²) in [7, 11) is -2.24. The normalized spacial score (nSPS) is 12.2. The molecule has 3 rings (SSSR count). The van der Waals surface area contributed by atoms with E-state index in [-0.39, 0.29) is 25.5 Å². The maximum absolute atomic E-state index is 13.5. The van der Waals surface area contributed by atoms with Crippen LogP contribution in [0, 0.1) is 0 Å². The van der Waals surface area contributed by atoms with Crippen molar-refractivity contribution < 1.29 is 18.0 Å². The van der Waals surface area contributed by atoms with Crippen molar-refractivity contribution in [3.05, 3.63) is 102 Å². The van der Waals surface area contributed by atoms with Gasteiger partial charge in [0.25, 0.3) is 0 Å². The fourth-order valence-electron chi connectivity index (χ4n) is 3.40. The molecule has 0 fully saturated rings. The quantitative estimate of drug-likeness (QED) is 0.480. The molecule has 1 heterocycles. The van der Waals surface area contributed by atoms with E-state index in [1.807, 2.05) is 42.5 Å². The summed E-state index contributed by atoms with van der Waals surface area (Å²) >= 11 is 0. The predicted molar refractivity (Wildman–Crippen MR) is 130 cm³/mol. The number of carbonyl (C=O) groups excluding carboxylic acids is 2. The summed E-state index contributed by atoms with van der Waals surface area (Å²) in [6.07, 6.45) is 4.35. The van der Waals surface area contributed by atoms with E-state index < -0.39 is 22.0 Å². The van der Waals surface area contributed by atoms with Gasteiger partial charge in [0.1, 0.15) is 6.04 Å². The Morgan fingerprint density at radius 3 is 2.15 bits per heavy atom. The van der Waals surface area contributed by atoms with Gasteiger partial charge >= 0.3 is 0 Å². The lowest BCUT2D eigenvalue weighted by atomic mass is 10.0. The van der Waals surface area contributed by atoms with E-state index in [9.17, 15) is 18.0 Å². The van der Waals surface area contributed by atoms with Gasteiger partial charge in [-0.3, -0.25) is 14.6 Å². The van der Waals surface area contributed by atoms with Crippen LogP contribution in [0.25, 0.3) is 0 Å². The largest absolute Gasteiger partial charge is 0.350 e. The summed E-state index contributed by atoms with van der Waals surface area (Å²) in [6.45, 7) is -0.00531. The third-order valence-corrected chi connectivity index (χ3v) is 6.57. The van der Waals surface area contributed by atoms with Gasteiger partial charge in [0.15, 0.2) is 0 Å². The molecule has 0 spiro atoms. The average Bonchev–Trinajstić information content (AvgIpc) is 2.83. The minimum Gasteiger partial charge on any atom is -0.350 e. The molecular formula is C25H28N4O4S. The van der Waals surface area contributed by atoms with Crippen LogP contribution in [0.1, 0.15) is 22.7 Å². The van der Waals surface area contributed by atoms with Gasteiger partial charge in [-0.1, -0.05) is 66.7 Å². The second-order valence-corrected chi connectivity index (χ2v) is 10.0. The Labute approximate surface area is 200 Å². The van der Waals surface area contributed by atoms with Crippen LogP contribution in [0.2, 0.25) is 0 Å². The van der Waals surface area contributed by atoms with Crippen molar-refractivity contribution in [3.8, 4) is 0 Å². The van der Waals surface area contributed by atoms with Crippen molar-refractivity contribution in [1.29, 1.82) is 0 Å². The summed E-state index contributed by atoms with van der Waals surface area (Å²) < 4.78 is 24.9. The summed E-state index contributed by atoms with van der Waals surface area (Å²) in [5.41, 5.74) is 2.26. The number of likely N-dealkylation sites (N-methyl/N-ethyl adjacent to an activating group) is 1. The number of carbonyl (C=O) groups is 2. The molecule has 1 aromatic heterocycles. The van der Waals surface area contributed by atoms with Gasteiger partial charge in [0, 0.05) is 32.5 Å². The van der Waals surface area contributed by atoms with E-state index in [1.165, 1.54) is 11.9 Å². The molecule has 0 aliphatic carbocycles. The Morgan fingerprint density at radius 2 is 1.56 bits per heavy atom. The van der Waals surface area contributed by atoms with E-state index in [0.717, 1.165) is 21.7 Å². The smallest absolute Gasteiger partial charge is 0.247 e. The van der Waals surface area contributed by atoms with Crippen LogP contribution in [-0.2, 0) is 32.7 Å². The monoisotopic (exact) mass is 480 g/mol. The summed E-state index contributed by atoms with van der Waals surface area (Å²) in [4.78, 5) is 32.4. The number of hydrogen-bond donors (Lipinski definition) is 1. The Kier molecular flexibility index (Phi) is 8.50. The van der Waals surface area contributed by atoms with Crippen LogP contribution in [0.5, 0.6) is 0 Å². The highest BCUT2D eigenvalue weighted by Crippen LogP contribution is 2.24. The first kappa shape index (κ1) is 25.1. The van der Waals surface area contributed by atoms with Crippen molar-refractivity contribution >= 4 is 21.8 Å². The molecular weight excluding hydrogens is 452 g/mol. The Morgan fingerprint density at radius 1 is 0.941 bits per heavy atom. The average molecular weight is 481 g/mol. The number of sulfonamides is 1. The summed E-state index contributed by atoms with van der Waals surface area (Å²) in [5.74, 6) is -0.858. The Bertz CT molecular complexity index is 1190. The minimum absolute atomic E-state index is 0.136. The first-order valence-electron chi connectivity index (χ1n) is 10.7. The third-order valence-electron chi connectivity index (χ3n) is 5.31. The van der Waals surface area contributed by atoms with Gasteiger partial charge in [-0.05, 0) is 22.8 Å². The highest BCUT2D eigenvalue weighted by molar-refractivity contribution is 7.88. The van der Waals surface area contributed by atoms with Crippen molar-refractivity contribution in [1.82, 2.24) is 19.5 Å². The molecule has 34 heavy (non-hydrogen) atoms. The number of nitrogens with one attached hydrogen (secondary N) is 1. The minimum atomic E-state index is -3.58. The molecule has 178 valence electrons. The van der Waals surface area contributed by atoms with Gasteiger partial charge in [0.2, 0.25) is 21.8 Å². The molecule has 0 aliphatic rings. The van der Waals surface area contributed by atoms with E-state index >= 15 is 0 Å². The highest BCUT2D eigenvalue weighted by Gasteiger charge is 2.32. The molecule has 0 unspecified atom stereocenters. The zero-order valence-electron chi connectivity index (χ0n) is 19.2. The van der Waals surface area contributed by atoms with E-state index in [1.54, 1.807) is 42.7 Å². The molecule has 0 saturated carbocycles. The topological polar surface area (TPSA) is 99.7 Å². The van der Waals surface area contributed by atoms with Gasteiger partial charge < -0.3 is 10.2 Å². The number of amides is 2. The zero-order valence-corrected chi connectivity index (χ0v) is 20.0. The standard InChI is InChI=1S/C25H28N4O4S/c1-28(34(2,32)33)19-23(30)29(18-20-10-5-3-6-11-20)24(22-13-7-4-8-14-22)25(31)27-17-21-12-9-15-26-16-21/h3-16,24H,17-19H2,1-2H3,(H,27,31)/t24-/m1/s1. The molecule has 1 atom stereocenters. The SMILES string of the molecule is CN(CC(=O)N(Cc1ccccc1)[C@@H](C(=O)NCc1cccnc1)c1ccccc1)S(C)(=O)=O. The van der Waals surface area contributed by atoms with E-state index in [2.05, 4.69) is 10.3 Å². The van der Waals surface area contributed by atoms with Crippen molar-refractivity contribution in [2.75, 3.05) is 19.8 Å². The molecule has 1 N–H and O–H groups in total. The van der Waals surface area contributed by atoms with Crippen LogP contribution in [0.15, 0.2) is 85.2 Å². The van der Waals surface area contributed by atoms with Crippen molar-refractivity contribution in [2.24, 2.45) is 0 Å². The van der Waals surface area contributed by atoms with Gasteiger partial charge in [-0.25, -0.2) is 8.42 Å². The van der Waals surface area contributed by atoms with Crippen LogP contribution in [-0.4, -0.2) is 54.3 Å². The fraction of sp³-hybridized carbons (Fsp3) is 0.240. The van der Waals surface area contributed by atoms with Crippen LogP contribution >= 0.6 is 0 Å². The van der Waals surface area contributed by atoms with Gasteiger partial charge in [-0.15, -0.1) is 0 Å².